The summed E-state index contributed by atoms with van der Waals surface area (Å²) in [5.41, 5.74) is 3.01. The van der Waals surface area contributed by atoms with Crippen LogP contribution >= 0.6 is 0 Å². The minimum Gasteiger partial charge on any atom is -0.348 e. The number of aldehydes is 1. The van der Waals surface area contributed by atoms with Crippen LogP contribution in [0.5, 0.6) is 0 Å². The molecule has 190 valence electrons. The smallest absolute Gasteiger partial charge is 0.225 e. The number of aromatic nitrogens is 4. The standard InChI is InChI=1S/C30H32FN5O/c1-21(23-7-3-2-4-8-23)33-30-32-18-17-28(35-30)36-20-27(24-11-9-22(10-12-24)6-5-19-37)34-29(36)25-13-15-26(31)16-14-25/h2-4,7-8,13-22,24H,5-6,9-12H2,1H3,(H,32,33,35)/t21-,22?,24?/m0/s1. The van der Waals surface area contributed by atoms with Gasteiger partial charge in [-0.25, -0.2) is 14.4 Å². The van der Waals surface area contributed by atoms with Crippen molar-refractivity contribution in [2.24, 2.45) is 5.92 Å². The molecule has 5 rings (SSSR count). The third-order valence-corrected chi connectivity index (χ3v) is 7.32. The lowest BCUT2D eigenvalue weighted by Gasteiger charge is -2.27. The quantitative estimate of drug-likeness (QED) is 0.255. The first-order chi connectivity index (χ1) is 18.1. The average molecular weight is 498 g/mol. The van der Waals surface area contributed by atoms with E-state index in [9.17, 15) is 9.18 Å². The molecular formula is C30H32FN5O. The van der Waals surface area contributed by atoms with Crippen molar-refractivity contribution in [3.63, 3.8) is 0 Å². The van der Waals surface area contributed by atoms with Gasteiger partial charge in [-0.2, -0.15) is 4.98 Å². The number of benzene rings is 2. The lowest BCUT2D eigenvalue weighted by Crippen LogP contribution is -2.13. The van der Waals surface area contributed by atoms with E-state index in [1.807, 2.05) is 28.8 Å². The highest BCUT2D eigenvalue weighted by molar-refractivity contribution is 5.59. The van der Waals surface area contributed by atoms with E-state index < -0.39 is 0 Å². The van der Waals surface area contributed by atoms with Crippen molar-refractivity contribution in [1.29, 1.82) is 0 Å². The van der Waals surface area contributed by atoms with Crippen LogP contribution in [0, 0.1) is 11.7 Å². The van der Waals surface area contributed by atoms with Gasteiger partial charge in [-0.3, -0.25) is 4.57 Å². The van der Waals surface area contributed by atoms with Crippen LogP contribution in [0.3, 0.4) is 0 Å². The number of hydrogen-bond donors (Lipinski definition) is 1. The maximum atomic E-state index is 13.7. The summed E-state index contributed by atoms with van der Waals surface area (Å²) in [6, 6.07) is 18.5. The van der Waals surface area contributed by atoms with Crippen molar-refractivity contribution in [2.75, 3.05) is 5.32 Å². The van der Waals surface area contributed by atoms with Crippen LogP contribution in [0.1, 0.15) is 68.7 Å². The fraction of sp³-hybridized carbons (Fsp3) is 0.333. The zero-order valence-electron chi connectivity index (χ0n) is 21.1. The minimum atomic E-state index is -0.279. The van der Waals surface area contributed by atoms with Gasteiger partial charge in [0.1, 0.15) is 23.7 Å². The maximum Gasteiger partial charge on any atom is 0.225 e. The Balaban J connectivity index is 1.43. The highest BCUT2D eigenvalue weighted by Gasteiger charge is 2.25. The van der Waals surface area contributed by atoms with Gasteiger partial charge in [-0.1, -0.05) is 30.3 Å². The van der Waals surface area contributed by atoms with Crippen LogP contribution in [0.2, 0.25) is 0 Å². The lowest BCUT2D eigenvalue weighted by atomic mass is 9.79. The number of anilines is 1. The Bertz CT molecular complexity index is 1310. The first-order valence-corrected chi connectivity index (χ1v) is 13.0. The SMILES string of the molecule is C[C@H](Nc1nccc(-n2cc(C3CCC(CCC=O)CC3)nc2-c2ccc(F)cc2)n1)c1ccccc1. The summed E-state index contributed by atoms with van der Waals surface area (Å²) in [6.45, 7) is 2.08. The minimum absolute atomic E-state index is 0.0424. The fourth-order valence-electron chi connectivity index (χ4n) is 5.19. The summed E-state index contributed by atoms with van der Waals surface area (Å²) in [7, 11) is 0. The number of hydrogen-bond acceptors (Lipinski definition) is 5. The van der Waals surface area contributed by atoms with Gasteiger partial charge in [0.15, 0.2) is 0 Å². The van der Waals surface area contributed by atoms with Gasteiger partial charge in [0, 0.05) is 30.3 Å². The average Bonchev–Trinajstić information content (AvgIpc) is 3.39. The number of carbonyl (C=O) groups is 1. The summed E-state index contributed by atoms with van der Waals surface area (Å²) in [6.07, 6.45) is 10.8. The molecule has 0 radical (unpaired) electrons. The van der Waals surface area contributed by atoms with Crippen molar-refractivity contribution in [3.05, 3.63) is 90.1 Å². The number of carbonyl (C=O) groups excluding carboxylic acids is 1. The molecule has 0 bridgehead atoms. The largest absolute Gasteiger partial charge is 0.348 e. The molecule has 6 nitrogen and oxygen atoms in total. The van der Waals surface area contributed by atoms with Gasteiger partial charge in [0.2, 0.25) is 5.95 Å². The van der Waals surface area contributed by atoms with Gasteiger partial charge in [0.25, 0.3) is 0 Å². The van der Waals surface area contributed by atoms with Crippen molar-refractivity contribution >= 4 is 12.2 Å². The van der Waals surface area contributed by atoms with E-state index >= 15 is 0 Å². The number of rotatable bonds is 9. The second-order valence-corrected chi connectivity index (χ2v) is 9.84. The molecule has 0 spiro atoms. The third kappa shape index (κ3) is 5.93. The normalized spacial score (nSPS) is 18.3. The third-order valence-electron chi connectivity index (χ3n) is 7.32. The van der Waals surface area contributed by atoms with E-state index in [2.05, 4.69) is 35.6 Å². The Hall–Kier alpha value is -3.87. The number of nitrogens with one attached hydrogen (secondary N) is 1. The summed E-state index contributed by atoms with van der Waals surface area (Å²) >= 11 is 0. The fourth-order valence-corrected chi connectivity index (χ4v) is 5.19. The number of halogens is 1. The van der Waals surface area contributed by atoms with E-state index in [0.717, 1.165) is 61.0 Å². The number of imidazole rings is 1. The monoisotopic (exact) mass is 497 g/mol. The van der Waals surface area contributed by atoms with Gasteiger partial charge in [-0.15, -0.1) is 0 Å². The van der Waals surface area contributed by atoms with Crippen molar-refractivity contribution in [3.8, 4) is 17.2 Å². The van der Waals surface area contributed by atoms with Crippen LogP contribution in [0.25, 0.3) is 17.2 Å². The zero-order valence-corrected chi connectivity index (χ0v) is 21.1. The molecule has 37 heavy (non-hydrogen) atoms. The first kappa shape index (κ1) is 24.8. The van der Waals surface area contributed by atoms with Crippen LogP contribution in [0.15, 0.2) is 73.1 Å². The van der Waals surface area contributed by atoms with Gasteiger partial charge >= 0.3 is 0 Å². The lowest BCUT2D eigenvalue weighted by molar-refractivity contribution is -0.108. The second-order valence-electron chi connectivity index (χ2n) is 9.84. The van der Waals surface area contributed by atoms with Crippen molar-refractivity contribution < 1.29 is 9.18 Å². The molecule has 0 saturated heterocycles. The molecule has 1 saturated carbocycles. The summed E-state index contributed by atoms with van der Waals surface area (Å²) < 4.78 is 15.7. The molecule has 7 heteroatoms. The van der Waals surface area contributed by atoms with E-state index in [1.165, 1.54) is 12.1 Å². The molecule has 4 aromatic rings. The van der Waals surface area contributed by atoms with E-state index in [4.69, 9.17) is 9.97 Å². The Morgan fingerprint density at radius 2 is 1.78 bits per heavy atom. The van der Waals surface area contributed by atoms with Crippen molar-refractivity contribution in [2.45, 2.75) is 57.4 Å². The molecule has 1 aliphatic rings. The maximum absolute atomic E-state index is 13.7. The Kier molecular flexibility index (Phi) is 7.68. The molecule has 2 aromatic carbocycles. The molecule has 2 heterocycles. The molecule has 0 aliphatic heterocycles. The molecule has 1 N–H and O–H groups in total. The molecule has 0 unspecified atom stereocenters. The predicted octanol–water partition coefficient (Wildman–Crippen LogP) is 6.89. The van der Waals surface area contributed by atoms with E-state index in [0.29, 0.717) is 30.0 Å². The molecule has 1 atom stereocenters. The summed E-state index contributed by atoms with van der Waals surface area (Å²) in [4.78, 5) is 25.1. The predicted molar refractivity (Wildman–Crippen MR) is 143 cm³/mol. The number of nitrogens with zero attached hydrogens (tertiary/aromatic N) is 4. The Morgan fingerprint density at radius 1 is 1.03 bits per heavy atom. The topological polar surface area (TPSA) is 72.7 Å². The second kappa shape index (κ2) is 11.5. The molecule has 2 aromatic heterocycles. The Labute approximate surface area is 217 Å². The highest BCUT2D eigenvalue weighted by Crippen LogP contribution is 2.38. The van der Waals surface area contributed by atoms with Crippen LogP contribution in [-0.4, -0.2) is 25.8 Å². The molecule has 1 fully saturated rings. The summed E-state index contributed by atoms with van der Waals surface area (Å²) in [5, 5.41) is 3.40. The zero-order chi connectivity index (χ0) is 25.6. The van der Waals surface area contributed by atoms with Crippen LogP contribution < -0.4 is 5.32 Å². The van der Waals surface area contributed by atoms with Crippen LogP contribution in [-0.2, 0) is 4.79 Å². The van der Waals surface area contributed by atoms with Crippen LogP contribution in [0.4, 0.5) is 10.3 Å². The molecular weight excluding hydrogens is 465 g/mol. The molecule has 0 amide bonds. The van der Waals surface area contributed by atoms with Gasteiger partial charge in [0.05, 0.1) is 11.7 Å². The summed E-state index contributed by atoms with van der Waals surface area (Å²) in [5.74, 6) is 2.66. The van der Waals surface area contributed by atoms with E-state index in [-0.39, 0.29) is 11.9 Å². The molecule has 1 aliphatic carbocycles. The first-order valence-electron chi connectivity index (χ1n) is 13.0. The van der Waals surface area contributed by atoms with Crippen molar-refractivity contribution in [1.82, 2.24) is 19.5 Å². The Morgan fingerprint density at radius 3 is 2.51 bits per heavy atom. The van der Waals surface area contributed by atoms with E-state index in [1.54, 1.807) is 18.3 Å². The van der Waals surface area contributed by atoms with Gasteiger partial charge < -0.3 is 10.1 Å². The van der Waals surface area contributed by atoms with Gasteiger partial charge in [-0.05, 0) is 80.8 Å². The highest BCUT2D eigenvalue weighted by atomic mass is 19.1.